The minimum atomic E-state index is -0.773. The highest BCUT2D eigenvalue weighted by atomic mass is 19.1. The number of likely N-dealkylation sites (N-methyl/N-ethyl adjacent to an activating group) is 2. The number of fused-ring (bicyclic) bond motifs is 2. The SMILES string of the molecule is CN[C@@H](C)C(=O)N[C@H](C(=O)N1CCC[C@@H]1Cc1c(-c2ccc(-c3c(C[C@@H]4CCCN4C(=O)[C@@H](NC(=O)[C@H](C)NC)C(C)(C)C)c4cc(F)ccc4n3CCO)cc2)[nH]c2cc(F)ccc12)C(C)(C)C. The number of aromatic amines is 1. The molecule has 2 fully saturated rings. The summed E-state index contributed by atoms with van der Waals surface area (Å²) in [6.45, 7) is 16.4. The van der Waals surface area contributed by atoms with E-state index in [1.54, 1.807) is 40.1 Å². The molecule has 69 heavy (non-hydrogen) atoms. The first-order chi connectivity index (χ1) is 32.7. The fraction of sp³-hybridized carbons (Fsp3) is 0.519. The lowest BCUT2D eigenvalue weighted by atomic mass is 9.85. The molecule has 15 heteroatoms. The van der Waals surface area contributed by atoms with Crippen LogP contribution in [-0.2, 0) is 38.6 Å². The quantitative estimate of drug-likeness (QED) is 0.0617. The molecular weight excluding hydrogens is 879 g/mol. The topological polar surface area (TPSA) is 164 Å². The maximum Gasteiger partial charge on any atom is 0.245 e. The molecule has 0 aliphatic carbocycles. The molecule has 13 nitrogen and oxygen atoms in total. The van der Waals surface area contributed by atoms with Crippen LogP contribution in [0.5, 0.6) is 0 Å². The number of carbonyl (C=O) groups excluding carboxylic acids is 4. The minimum Gasteiger partial charge on any atom is -0.395 e. The van der Waals surface area contributed by atoms with E-state index in [2.05, 4.69) is 26.3 Å². The largest absolute Gasteiger partial charge is 0.395 e. The molecule has 372 valence electrons. The molecule has 0 unspecified atom stereocenters. The second-order valence-corrected chi connectivity index (χ2v) is 21.3. The summed E-state index contributed by atoms with van der Waals surface area (Å²) in [6.07, 6.45) is 3.98. The van der Waals surface area contributed by atoms with Crippen LogP contribution in [0.25, 0.3) is 44.3 Å². The first-order valence-corrected chi connectivity index (χ1v) is 24.5. The van der Waals surface area contributed by atoms with Gasteiger partial charge in [0.05, 0.1) is 24.4 Å². The first kappa shape index (κ1) is 51.2. The van der Waals surface area contributed by atoms with E-state index in [1.165, 1.54) is 24.3 Å². The number of aromatic nitrogens is 2. The number of aliphatic hydroxyl groups excluding tert-OH is 1. The van der Waals surface area contributed by atoms with Crippen molar-refractivity contribution in [3.63, 3.8) is 0 Å². The van der Waals surface area contributed by atoms with Crippen molar-refractivity contribution in [2.45, 2.75) is 137 Å². The van der Waals surface area contributed by atoms with Crippen molar-refractivity contribution >= 4 is 45.4 Å². The van der Waals surface area contributed by atoms with Gasteiger partial charge in [-0.15, -0.1) is 0 Å². The van der Waals surface area contributed by atoms with Crippen LogP contribution in [0.15, 0.2) is 60.7 Å². The van der Waals surface area contributed by atoms with Crippen molar-refractivity contribution in [2.24, 2.45) is 10.8 Å². The van der Waals surface area contributed by atoms with Crippen LogP contribution < -0.4 is 21.3 Å². The van der Waals surface area contributed by atoms with E-state index in [0.29, 0.717) is 36.8 Å². The third-order valence-corrected chi connectivity index (χ3v) is 14.4. The van der Waals surface area contributed by atoms with E-state index >= 15 is 4.39 Å². The van der Waals surface area contributed by atoms with Gasteiger partial charge in [0.2, 0.25) is 23.6 Å². The highest BCUT2D eigenvalue weighted by molar-refractivity contribution is 5.95. The molecule has 3 aromatic carbocycles. The van der Waals surface area contributed by atoms with Crippen LogP contribution in [0.4, 0.5) is 8.78 Å². The van der Waals surface area contributed by atoms with Gasteiger partial charge in [0.15, 0.2) is 0 Å². The third-order valence-electron chi connectivity index (χ3n) is 14.4. The number of halogens is 2. The standard InChI is InChI=1S/C54H72F2N8O5/c1-31(57-9)49(66)60-47(53(3,4)5)51(68)62-23-11-13-37(62)29-41-39-21-19-36(56)28-43(39)59-45(41)33-15-17-34(18-16-33)46-42(40-27-35(55)20-22-44(40)64(46)25-26-65)30-38-14-12-24-63(38)52(69)48(54(6,7)8)61-50(67)32(2)58-10/h15-22,27-28,31-32,37-38,47-48,57-59,65H,11-14,23-26,29-30H2,1-10H3,(H,60,66)(H,61,67)/t31-,32-,37+,38-,47+,48+/m0/s1. The van der Waals surface area contributed by atoms with Crippen LogP contribution in [-0.4, -0.2) is 118 Å². The number of H-pyrrole nitrogens is 1. The van der Waals surface area contributed by atoms with Gasteiger partial charge in [0.1, 0.15) is 23.7 Å². The molecule has 6 atom stereocenters. The van der Waals surface area contributed by atoms with Gasteiger partial charge in [-0.1, -0.05) is 65.8 Å². The van der Waals surface area contributed by atoms with Crippen molar-refractivity contribution in [3.05, 3.63) is 83.4 Å². The molecule has 2 aliphatic rings. The normalized spacial score (nSPS) is 18.4. The van der Waals surface area contributed by atoms with E-state index in [4.69, 9.17) is 0 Å². The Morgan fingerprint density at radius 1 is 0.696 bits per heavy atom. The van der Waals surface area contributed by atoms with Gasteiger partial charge < -0.3 is 45.7 Å². The van der Waals surface area contributed by atoms with Crippen molar-refractivity contribution < 1.29 is 33.1 Å². The lowest BCUT2D eigenvalue weighted by molar-refractivity contribution is -0.140. The Morgan fingerprint density at radius 3 is 1.70 bits per heavy atom. The van der Waals surface area contributed by atoms with Gasteiger partial charge in [-0.25, -0.2) is 8.78 Å². The molecule has 6 N–H and O–H groups in total. The van der Waals surface area contributed by atoms with Crippen LogP contribution >= 0.6 is 0 Å². The van der Waals surface area contributed by atoms with Gasteiger partial charge in [-0.3, -0.25) is 19.2 Å². The number of nitrogens with one attached hydrogen (secondary N) is 5. The molecule has 2 aromatic heterocycles. The molecule has 5 aromatic rings. The van der Waals surface area contributed by atoms with E-state index in [1.807, 2.05) is 80.2 Å². The number of carbonyl (C=O) groups is 4. The molecule has 7 rings (SSSR count). The average Bonchev–Trinajstić information content (AvgIpc) is 4.11. The third kappa shape index (κ3) is 10.8. The van der Waals surface area contributed by atoms with Crippen LogP contribution in [0.1, 0.15) is 92.2 Å². The van der Waals surface area contributed by atoms with Crippen molar-refractivity contribution in [3.8, 4) is 22.5 Å². The molecular formula is C54H72F2N8O5. The summed E-state index contributed by atoms with van der Waals surface area (Å²) >= 11 is 0. The van der Waals surface area contributed by atoms with Crippen LogP contribution in [0.2, 0.25) is 0 Å². The Balaban J connectivity index is 1.25. The lowest BCUT2D eigenvalue weighted by Gasteiger charge is -2.36. The minimum absolute atomic E-state index is 0.127. The number of likely N-dealkylation sites (tertiary alicyclic amines) is 2. The smallest absolute Gasteiger partial charge is 0.245 e. The van der Waals surface area contributed by atoms with Crippen molar-refractivity contribution in [1.82, 2.24) is 40.6 Å². The molecule has 0 saturated carbocycles. The summed E-state index contributed by atoms with van der Waals surface area (Å²) in [5, 5.41) is 24.0. The Bertz CT molecular complexity index is 2680. The Kier molecular flexibility index (Phi) is 15.4. The molecule has 0 spiro atoms. The predicted octanol–water partition coefficient (Wildman–Crippen LogP) is 7.07. The van der Waals surface area contributed by atoms with Crippen molar-refractivity contribution in [2.75, 3.05) is 33.8 Å². The molecule has 2 aliphatic heterocycles. The summed E-state index contributed by atoms with van der Waals surface area (Å²) in [5.41, 5.74) is 5.35. The zero-order chi connectivity index (χ0) is 50.1. The summed E-state index contributed by atoms with van der Waals surface area (Å²) in [6, 6.07) is 14.5. The monoisotopic (exact) mass is 951 g/mol. The van der Waals surface area contributed by atoms with Crippen LogP contribution in [0.3, 0.4) is 0 Å². The van der Waals surface area contributed by atoms with Gasteiger partial charge in [0, 0.05) is 59.2 Å². The van der Waals surface area contributed by atoms with E-state index < -0.39 is 40.8 Å². The van der Waals surface area contributed by atoms with Gasteiger partial charge >= 0.3 is 0 Å². The maximum absolute atomic E-state index is 15.3. The van der Waals surface area contributed by atoms with E-state index in [-0.39, 0.29) is 54.7 Å². The number of benzene rings is 3. The summed E-state index contributed by atoms with van der Waals surface area (Å²) in [5.74, 6) is -1.56. The summed E-state index contributed by atoms with van der Waals surface area (Å²) in [4.78, 5) is 62.5. The molecule has 0 radical (unpaired) electrons. The average molecular weight is 951 g/mol. The van der Waals surface area contributed by atoms with Crippen molar-refractivity contribution in [1.29, 1.82) is 0 Å². The zero-order valence-electron chi connectivity index (χ0n) is 42.0. The van der Waals surface area contributed by atoms with E-state index in [0.717, 1.165) is 70.2 Å². The van der Waals surface area contributed by atoms with Crippen LogP contribution in [0, 0.1) is 22.5 Å². The van der Waals surface area contributed by atoms with E-state index in [9.17, 15) is 28.7 Å². The van der Waals surface area contributed by atoms with Gasteiger partial charge in [0.25, 0.3) is 0 Å². The fourth-order valence-electron chi connectivity index (χ4n) is 10.3. The maximum atomic E-state index is 15.3. The number of aliphatic hydroxyl groups is 1. The molecule has 4 amide bonds. The second-order valence-electron chi connectivity index (χ2n) is 21.3. The Hall–Kier alpha value is -5.64. The number of rotatable bonds is 16. The molecule has 2 saturated heterocycles. The number of hydrogen-bond donors (Lipinski definition) is 6. The molecule has 4 heterocycles. The Morgan fingerprint density at radius 2 is 1.19 bits per heavy atom. The predicted molar refractivity (Wildman–Crippen MR) is 268 cm³/mol. The lowest BCUT2D eigenvalue weighted by Crippen LogP contribution is -2.58. The van der Waals surface area contributed by atoms with Gasteiger partial charge in [-0.2, -0.15) is 0 Å². The summed E-state index contributed by atoms with van der Waals surface area (Å²) < 4.78 is 32.1. The number of hydrogen-bond acceptors (Lipinski definition) is 7. The Labute approximate surface area is 405 Å². The zero-order valence-corrected chi connectivity index (χ0v) is 42.0. The molecule has 0 bridgehead atoms. The first-order valence-electron chi connectivity index (χ1n) is 24.5. The highest BCUT2D eigenvalue weighted by Crippen LogP contribution is 2.40. The fourth-order valence-corrected chi connectivity index (χ4v) is 10.3. The number of nitrogens with zero attached hydrogens (tertiary/aromatic N) is 3. The summed E-state index contributed by atoms with van der Waals surface area (Å²) in [7, 11) is 3.41. The van der Waals surface area contributed by atoms with Gasteiger partial charge in [-0.05, 0) is 136 Å². The second kappa shape index (κ2) is 20.8. The highest BCUT2D eigenvalue weighted by Gasteiger charge is 2.42. The number of amides is 4.